The molecule has 10 heteroatoms. The zero-order valence-electron chi connectivity index (χ0n) is 24.4. The topological polar surface area (TPSA) is 148 Å². The first-order valence-electron chi connectivity index (χ1n) is 15.1. The first-order valence-corrected chi connectivity index (χ1v) is 15.1. The molecule has 0 aromatic rings. The van der Waals surface area contributed by atoms with Gasteiger partial charge in [0.15, 0.2) is 12.4 Å². The van der Waals surface area contributed by atoms with Crippen molar-refractivity contribution in [1.29, 1.82) is 0 Å². The molecule has 0 aromatic heterocycles. The Kier molecular flexibility index (Phi) is 7.96. The highest BCUT2D eigenvalue weighted by atomic mass is 16.5. The van der Waals surface area contributed by atoms with Crippen molar-refractivity contribution in [3.63, 3.8) is 0 Å². The third-order valence-corrected chi connectivity index (χ3v) is 11.5. The van der Waals surface area contributed by atoms with E-state index in [2.05, 4.69) is 6.92 Å². The van der Waals surface area contributed by atoms with Crippen LogP contribution in [0.3, 0.4) is 0 Å². The number of hydrogen-bond acceptors (Lipinski definition) is 9. The number of Topliss-reactive ketones (excluding diaryl/α,β-unsaturated/α-hetero) is 1. The maximum atomic E-state index is 13.4. The van der Waals surface area contributed by atoms with Crippen molar-refractivity contribution < 1.29 is 43.7 Å². The van der Waals surface area contributed by atoms with E-state index in [1.807, 2.05) is 6.92 Å². The van der Waals surface area contributed by atoms with Crippen molar-refractivity contribution in [2.24, 2.45) is 28.6 Å². The lowest BCUT2D eigenvalue weighted by Crippen LogP contribution is -2.62. The van der Waals surface area contributed by atoms with Gasteiger partial charge in [0.05, 0.1) is 19.6 Å². The van der Waals surface area contributed by atoms with E-state index in [0.717, 1.165) is 18.4 Å². The number of nitrogens with zero attached hydrogens (tertiary/aromatic N) is 1. The molecule has 0 bridgehead atoms. The standard InChI is InChI=1S/C31H43NO9/c1-29-12-10-19(33)15-18(29)6-7-20-21-11-13-31(39,30(21,2)16-23(34)27(20)29)24(35)17-41-26(37)9-8-25(36)32-14-4-5-22(32)28(38)40-3/h15,20-23,27,34,39H,4-14,16-17H2,1-3H3/t20-,21-,22+,23+,27+,29-,30-,31-/m0/s1. The van der Waals surface area contributed by atoms with Gasteiger partial charge in [0.1, 0.15) is 11.6 Å². The van der Waals surface area contributed by atoms with Crippen LogP contribution >= 0.6 is 0 Å². The van der Waals surface area contributed by atoms with Crippen molar-refractivity contribution in [1.82, 2.24) is 4.90 Å². The zero-order valence-corrected chi connectivity index (χ0v) is 24.4. The summed E-state index contributed by atoms with van der Waals surface area (Å²) in [6.45, 7) is 3.86. The summed E-state index contributed by atoms with van der Waals surface area (Å²) in [4.78, 5) is 64.0. The number of carbonyl (C=O) groups excluding carboxylic acids is 5. The molecule has 41 heavy (non-hydrogen) atoms. The fraction of sp³-hybridized carbons (Fsp3) is 0.774. The van der Waals surface area contributed by atoms with Gasteiger partial charge in [-0.15, -0.1) is 0 Å². The van der Waals surface area contributed by atoms with E-state index in [0.29, 0.717) is 38.6 Å². The number of carbonyl (C=O) groups is 5. The van der Waals surface area contributed by atoms with Crippen molar-refractivity contribution >= 4 is 29.4 Å². The van der Waals surface area contributed by atoms with Gasteiger partial charge in [-0.3, -0.25) is 19.2 Å². The molecular weight excluding hydrogens is 530 g/mol. The van der Waals surface area contributed by atoms with Gasteiger partial charge in [-0.2, -0.15) is 0 Å². The Bertz CT molecular complexity index is 1160. The predicted molar refractivity (Wildman–Crippen MR) is 145 cm³/mol. The number of likely N-dealkylation sites (tertiary alicyclic amines) is 1. The van der Waals surface area contributed by atoms with Gasteiger partial charge in [-0.25, -0.2) is 4.79 Å². The second-order valence-corrected chi connectivity index (χ2v) is 13.3. The molecule has 0 aromatic carbocycles. The fourth-order valence-corrected chi connectivity index (χ4v) is 9.29. The monoisotopic (exact) mass is 573 g/mol. The Morgan fingerprint density at radius 3 is 2.56 bits per heavy atom. The smallest absolute Gasteiger partial charge is 0.328 e. The molecule has 3 saturated carbocycles. The van der Waals surface area contributed by atoms with Crippen molar-refractivity contribution in [3.8, 4) is 0 Å². The Morgan fingerprint density at radius 1 is 1.07 bits per heavy atom. The molecule has 10 nitrogen and oxygen atoms in total. The molecule has 226 valence electrons. The summed E-state index contributed by atoms with van der Waals surface area (Å²) in [6, 6.07) is -0.643. The van der Waals surface area contributed by atoms with E-state index >= 15 is 0 Å². The lowest BCUT2D eigenvalue weighted by atomic mass is 9.45. The largest absolute Gasteiger partial charge is 0.467 e. The highest BCUT2D eigenvalue weighted by Gasteiger charge is 2.68. The summed E-state index contributed by atoms with van der Waals surface area (Å²) in [5.41, 5.74) is -1.74. The minimum Gasteiger partial charge on any atom is -0.467 e. The molecular formula is C31H43NO9. The van der Waals surface area contributed by atoms with Crippen LogP contribution in [0, 0.1) is 28.6 Å². The van der Waals surface area contributed by atoms with Crippen LogP contribution in [0.2, 0.25) is 0 Å². The van der Waals surface area contributed by atoms with Gasteiger partial charge in [-0.05, 0) is 80.6 Å². The van der Waals surface area contributed by atoms with Gasteiger partial charge < -0.3 is 24.6 Å². The Labute approximate surface area is 240 Å². The van der Waals surface area contributed by atoms with E-state index in [9.17, 15) is 34.2 Å². The second kappa shape index (κ2) is 10.9. The zero-order chi connectivity index (χ0) is 29.7. The summed E-state index contributed by atoms with van der Waals surface area (Å²) >= 11 is 0. The normalized spacial score (nSPS) is 39.7. The molecule has 0 unspecified atom stereocenters. The lowest BCUT2D eigenvalue weighted by Gasteiger charge is -2.60. The third-order valence-electron chi connectivity index (χ3n) is 11.5. The van der Waals surface area contributed by atoms with Gasteiger partial charge in [0.25, 0.3) is 0 Å². The Balaban J connectivity index is 1.20. The fourth-order valence-electron chi connectivity index (χ4n) is 9.29. The van der Waals surface area contributed by atoms with Crippen LogP contribution in [0.25, 0.3) is 0 Å². The van der Waals surface area contributed by atoms with Crippen LogP contribution in [0.1, 0.15) is 84.5 Å². The van der Waals surface area contributed by atoms with E-state index in [1.165, 1.54) is 12.0 Å². The summed E-state index contributed by atoms with van der Waals surface area (Å²) in [5.74, 6) is -1.87. The van der Waals surface area contributed by atoms with E-state index in [-0.39, 0.29) is 60.5 Å². The minimum atomic E-state index is -1.73. The van der Waals surface area contributed by atoms with E-state index in [1.54, 1.807) is 6.08 Å². The molecule has 5 aliphatic rings. The lowest BCUT2D eigenvalue weighted by molar-refractivity contribution is -0.184. The highest BCUT2D eigenvalue weighted by Crippen LogP contribution is 2.67. The molecule has 1 heterocycles. The number of rotatable bonds is 7. The van der Waals surface area contributed by atoms with Gasteiger partial charge in [0.2, 0.25) is 11.7 Å². The van der Waals surface area contributed by atoms with Crippen LogP contribution in [-0.2, 0) is 33.4 Å². The molecule has 0 radical (unpaired) electrons. The number of aliphatic hydroxyl groups is 2. The van der Waals surface area contributed by atoms with Crippen LogP contribution in [0.4, 0.5) is 0 Å². The van der Waals surface area contributed by atoms with Crippen LogP contribution in [-0.4, -0.2) is 82.5 Å². The molecule has 1 aliphatic heterocycles. The second-order valence-electron chi connectivity index (χ2n) is 13.3. The number of methoxy groups -OCH3 is 1. The van der Waals surface area contributed by atoms with Crippen LogP contribution < -0.4 is 0 Å². The molecule has 4 fully saturated rings. The maximum Gasteiger partial charge on any atom is 0.328 e. The number of ether oxygens (including phenoxy) is 2. The molecule has 1 saturated heterocycles. The first-order chi connectivity index (χ1) is 19.4. The quantitative estimate of drug-likeness (QED) is 0.438. The Hall–Kier alpha value is -2.59. The summed E-state index contributed by atoms with van der Waals surface area (Å²) in [6.07, 6.45) is 5.75. The maximum absolute atomic E-state index is 13.4. The number of fused-ring (bicyclic) bond motifs is 5. The molecule has 1 amide bonds. The van der Waals surface area contributed by atoms with Crippen LogP contribution in [0.5, 0.6) is 0 Å². The van der Waals surface area contributed by atoms with E-state index in [4.69, 9.17) is 9.47 Å². The number of allylic oxidation sites excluding steroid dienone is 1. The minimum absolute atomic E-state index is 0.0254. The van der Waals surface area contributed by atoms with Crippen molar-refractivity contribution in [3.05, 3.63) is 11.6 Å². The summed E-state index contributed by atoms with van der Waals surface area (Å²) < 4.78 is 9.99. The number of esters is 2. The Morgan fingerprint density at radius 2 is 1.83 bits per heavy atom. The van der Waals surface area contributed by atoms with Crippen molar-refractivity contribution in [2.45, 2.75) is 102 Å². The molecule has 4 aliphatic carbocycles. The van der Waals surface area contributed by atoms with Gasteiger partial charge in [0, 0.05) is 24.8 Å². The SMILES string of the molecule is COC(=O)[C@H]1CCCN1C(=O)CCC(=O)OCC(=O)[C@@]1(O)CC[C@H]2[C@@H]3CCC4=CC(=O)CC[C@]4(C)[C@H]3[C@H](O)C[C@@]21C. The molecule has 2 N–H and O–H groups in total. The van der Waals surface area contributed by atoms with Gasteiger partial charge in [-0.1, -0.05) is 19.4 Å². The van der Waals surface area contributed by atoms with Gasteiger partial charge >= 0.3 is 11.9 Å². The number of amides is 1. The average Bonchev–Trinajstić information content (AvgIpc) is 3.53. The van der Waals surface area contributed by atoms with Crippen molar-refractivity contribution in [2.75, 3.05) is 20.3 Å². The molecule has 5 rings (SSSR count). The number of ketones is 2. The van der Waals surface area contributed by atoms with Crippen LogP contribution in [0.15, 0.2) is 11.6 Å². The number of aliphatic hydroxyl groups excluding tert-OH is 1. The highest BCUT2D eigenvalue weighted by molar-refractivity contribution is 5.92. The number of hydrogen-bond donors (Lipinski definition) is 2. The average molecular weight is 574 g/mol. The third kappa shape index (κ3) is 4.84. The van der Waals surface area contributed by atoms with E-state index < -0.39 is 47.5 Å². The summed E-state index contributed by atoms with van der Waals surface area (Å²) in [7, 11) is 1.27. The first kappa shape index (κ1) is 29.9. The predicted octanol–water partition coefficient (Wildman–Crippen LogP) is 2.28. The molecule has 0 spiro atoms. The summed E-state index contributed by atoms with van der Waals surface area (Å²) in [5, 5.41) is 23.3. The molecule has 8 atom stereocenters.